The normalized spacial score (nSPS) is 17.9. The molecule has 2 aromatic carbocycles. The number of hydrogen-bond donors (Lipinski definition) is 0. The van der Waals surface area contributed by atoms with Crippen molar-refractivity contribution in [3.05, 3.63) is 70.1 Å². The van der Waals surface area contributed by atoms with Crippen molar-refractivity contribution >= 4 is 33.0 Å². The van der Waals surface area contributed by atoms with E-state index in [-0.39, 0.29) is 11.7 Å². The first kappa shape index (κ1) is 18.5. The highest BCUT2D eigenvalue weighted by Gasteiger charge is 2.33. The molecule has 0 N–H and O–H groups in total. The van der Waals surface area contributed by atoms with Gasteiger partial charge in [-0.3, -0.25) is 4.79 Å². The number of halogens is 1. The molecule has 0 fully saturated rings. The third-order valence-corrected chi connectivity index (χ3v) is 6.08. The third-order valence-electron chi connectivity index (χ3n) is 4.30. The first-order chi connectivity index (χ1) is 12.3. The highest BCUT2D eigenvalue weighted by Crippen LogP contribution is 2.31. The summed E-state index contributed by atoms with van der Waals surface area (Å²) in [6.45, 7) is 1.80. The summed E-state index contributed by atoms with van der Waals surface area (Å²) < 4.78 is 28.9. The van der Waals surface area contributed by atoms with Crippen LogP contribution in [0.1, 0.15) is 15.9 Å². The second-order valence-electron chi connectivity index (χ2n) is 6.01. The molecule has 0 radical (unpaired) electrons. The van der Waals surface area contributed by atoms with E-state index in [1.807, 2.05) is 0 Å². The van der Waals surface area contributed by atoms with Gasteiger partial charge >= 0.3 is 0 Å². The van der Waals surface area contributed by atoms with Crippen molar-refractivity contribution in [1.82, 2.24) is 0 Å². The molecule has 1 aliphatic heterocycles. The second-order valence-corrected chi connectivity index (χ2v) is 8.35. The fourth-order valence-corrected chi connectivity index (χ4v) is 4.33. The second kappa shape index (κ2) is 7.13. The summed E-state index contributed by atoms with van der Waals surface area (Å²) >= 11 is 6.22. The molecule has 136 valence electrons. The Balaban J connectivity index is 2.06. The molecule has 0 aliphatic carbocycles. The number of anilines is 1. The minimum absolute atomic E-state index is 0.152. The van der Waals surface area contributed by atoms with E-state index in [0.717, 1.165) is 5.41 Å². The van der Waals surface area contributed by atoms with E-state index in [1.54, 1.807) is 56.5 Å². The molecule has 0 bridgehead atoms. The van der Waals surface area contributed by atoms with E-state index in [1.165, 1.54) is 11.0 Å². The van der Waals surface area contributed by atoms with Crippen LogP contribution in [0.5, 0.6) is 5.75 Å². The van der Waals surface area contributed by atoms with Gasteiger partial charge in [0.15, 0.2) is 9.84 Å². The molecule has 5 nitrogen and oxygen atoms in total. The van der Waals surface area contributed by atoms with E-state index in [4.69, 9.17) is 16.3 Å². The molecule has 1 heterocycles. The molecule has 2 aromatic rings. The summed E-state index contributed by atoms with van der Waals surface area (Å²) in [5.74, 6) is 0.182. The average molecular weight is 392 g/mol. The maximum atomic E-state index is 13.2. The topological polar surface area (TPSA) is 63.7 Å². The molecular formula is C19H18ClNO4S. The molecule has 0 spiro atoms. The summed E-state index contributed by atoms with van der Waals surface area (Å²) in [5, 5.41) is 1.67. The van der Waals surface area contributed by atoms with Crippen LogP contribution in [0.2, 0.25) is 5.02 Å². The van der Waals surface area contributed by atoms with Gasteiger partial charge < -0.3 is 9.64 Å². The monoisotopic (exact) mass is 391 g/mol. The largest absolute Gasteiger partial charge is 0.497 e. The van der Waals surface area contributed by atoms with Crippen molar-refractivity contribution in [2.24, 2.45) is 0 Å². The quantitative estimate of drug-likeness (QED) is 0.798. The molecule has 0 aromatic heterocycles. The molecular weight excluding hydrogens is 374 g/mol. The minimum atomic E-state index is -3.33. The zero-order valence-corrected chi connectivity index (χ0v) is 15.9. The summed E-state index contributed by atoms with van der Waals surface area (Å²) in [5.41, 5.74) is 1.74. The predicted molar refractivity (Wildman–Crippen MR) is 103 cm³/mol. The van der Waals surface area contributed by atoms with Crippen molar-refractivity contribution in [2.75, 3.05) is 17.8 Å². The van der Waals surface area contributed by atoms with E-state index in [2.05, 4.69) is 0 Å². The Kier molecular flexibility index (Phi) is 5.07. The number of sulfone groups is 1. The summed E-state index contributed by atoms with van der Waals surface area (Å²) in [6, 6.07) is 11.3. The van der Waals surface area contributed by atoms with Gasteiger partial charge in [0.1, 0.15) is 5.75 Å². The Morgan fingerprint density at radius 3 is 2.46 bits per heavy atom. The lowest BCUT2D eigenvalue weighted by molar-refractivity contribution is 0.0983. The maximum Gasteiger partial charge on any atom is 0.258 e. The zero-order valence-electron chi connectivity index (χ0n) is 14.3. The summed E-state index contributed by atoms with van der Waals surface area (Å²) in [7, 11) is -1.78. The Morgan fingerprint density at radius 2 is 1.88 bits per heavy atom. The average Bonchev–Trinajstić information content (AvgIpc) is 2.98. The van der Waals surface area contributed by atoms with Gasteiger partial charge in [-0.2, -0.15) is 0 Å². The smallest absolute Gasteiger partial charge is 0.258 e. The van der Waals surface area contributed by atoms with E-state index >= 15 is 0 Å². The van der Waals surface area contributed by atoms with Crippen LogP contribution in [0.25, 0.3) is 0 Å². The van der Waals surface area contributed by atoms with Crippen LogP contribution in [0.3, 0.4) is 0 Å². The number of amides is 1. The molecule has 1 atom stereocenters. The lowest BCUT2D eigenvalue weighted by Crippen LogP contribution is -2.41. The van der Waals surface area contributed by atoms with E-state index in [0.29, 0.717) is 27.6 Å². The predicted octanol–water partition coefficient (Wildman–Crippen LogP) is 3.61. The lowest BCUT2D eigenvalue weighted by atomic mass is 10.1. The summed E-state index contributed by atoms with van der Waals surface area (Å²) in [6.07, 6.45) is 1.54. The summed E-state index contributed by atoms with van der Waals surface area (Å²) in [4.78, 5) is 14.7. The van der Waals surface area contributed by atoms with Crippen LogP contribution < -0.4 is 9.64 Å². The maximum absolute atomic E-state index is 13.2. The van der Waals surface area contributed by atoms with E-state index in [9.17, 15) is 13.2 Å². The van der Waals surface area contributed by atoms with Gasteiger partial charge in [-0.1, -0.05) is 17.7 Å². The van der Waals surface area contributed by atoms with Crippen LogP contribution in [-0.4, -0.2) is 33.2 Å². The molecule has 0 saturated heterocycles. The zero-order chi connectivity index (χ0) is 18.9. The lowest BCUT2D eigenvalue weighted by Gasteiger charge is -2.29. The van der Waals surface area contributed by atoms with Gasteiger partial charge in [0.25, 0.3) is 5.91 Å². The number of benzene rings is 2. The van der Waals surface area contributed by atoms with Crippen LogP contribution in [0, 0.1) is 6.92 Å². The number of ether oxygens (including phenoxy) is 1. The fraction of sp³-hybridized carbons (Fsp3) is 0.211. The number of rotatable bonds is 4. The number of methoxy groups -OCH3 is 1. The number of nitrogens with zero attached hydrogens (tertiary/aromatic N) is 1. The van der Waals surface area contributed by atoms with Gasteiger partial charge in [0.2, 0.25) is 0 Å². The van der Waals surface area contributed by atoms with Gasteiger partial charge in [-0.05, 0) is 55.0 Å². The Labute approximate surface area is 157 Å². The molecule has 1 amide bonds. The highest BCUT2D eigenvalue weighted by atomic mass is 35.5. The number of hydrogen-bond acceptors (Lipinski definition) is 4. The van der Waals surface area contributed by atoms with Crippen molar-refractivity contribution in [3.8, 4) is 5.75 Å². The first-order valence-corrected chi connectivity index (χ1v) is 10.1. The molecule has 0 saturated carbocycles. The standard InChI is InChI=1S/C19H18ClNO4S/c1-13-17(20)4-3-5-18(13)21(15-10-11-26(23,24)12-15)19(22)14-6-8-16(25-2)9-7-14/h3-11,15H,12H2,1-2H3. The van der Waals surface area contributed by atoms with E-state index < -0.39 is 15.9 Å². The Bertz CT molecular complexity index is 968. The molecule has 1 aliphatic rings. The molecule has 3 rings (SSSR count). The van der Waals surface area contributed by atoms with Crippen LogP contribution in [-0.2, 0) is 9.84 Å². The number of carbonyl (C=O) groups excluding carboxylic acids is 1. The minimum Gasteiger partial charge on any atom is -0.497 e. The Hall–Kier alpha value is -2.31. The van der Waals surface area contributed by atoms with Gasteiger partial charge in [0, 0.05) is 21.7 Å². The Morgan fingerprint density at radius 1 is 1.19 bits per heavy atom. The van der Waals surface area contributed by atoms with Crippen molar-refractivity contribution in [2.45, 2.75) is 13.0 Å². The van der Waals surface area contributed by atoms with Crippen molar-refractivity contribution < 1.29 is 17.9 Å². The number of carbonyl (C=O) groups is 1. The van der Waals surface area contributed by atoms with Gasteiger partial charge in [0.05, 0.1) is 18.9 Å². The SMILES string of the molecule is COc1ccc(C(=O)N(c2cccc(Cl)c2C)C2C=CS(=O)(=O)C2)cc1. The first-order valence-electron chi connectivity index (χ1n) is 7.96. The third kappa shape index (κ3) is 3.61. The van der Waals surface area contributed by atoms with Gasteiger partial charge in [-0.15, -0.1) is 0 Å². The van der Waals surface area contributed by atoms with Crippen molar-refractivity contribution in [3.63, 3.8) is 0 Å². The van der Waals surface area contributed by atoms with Crippen LogP contribution >= 0.6 is 11.6 Å². The molecule has 7 heteroatoms. The molecule has 1 unspecified atom stereocenters. The van der Waals surface area contributed by atoms with Crippen LogP contribution in [0.15, 0.2) is 53.9 Å². The van der Waals surface area contributed by atoms with Crippen LogP contribution in [0.4, 0.5) is 5.69 Å². The van der Waals surface area contributed by atoms with Gasteiger partial charge in [-0.25, -0.2) is 8.42 Å². The van der Waals surface area contributed by atoms with Crippen molar-refractivity contribution in [1.29, 1.82) is 0 Å². The fourth-order valence-electron chi connectivity index (χ4n) is 2.89. The highest BCUT2D eigenvalue weighted by molar-refractivity contribution is 7.94. The molecule has 26 heavy (non-hydrogen) atoms.